The van der Waals surface area contributed by atoms with Crippen LogP contribution >= 0.6 is 0 Å². The summed E-state index contributed by atoms with van der Waals surface area (Å²) in [7, 11) is 0. The fourth-order valence-corrected chi connectivity index (χ4v) is 3.38. The van der Waals surface area contributed by atoms with Crippen LogP contribution in [0.2, 0.25) is 0 Å². The Labute approximate surface area is 120 Å². The lowest BCUT2D eigenvalue weighted by Crippen LogP contribution is -2.48. The van der Waals surface area contributed by atoms with Crippen LogP contribution in [0.4, 0.5) is 0 Å². The highest BCUT2D eigenvalue weighted by atomic mass is 16.5. The van der Waals surface area contributed by atoms with Gasteiger partial charge in [-0.2, -0.15) is 0 Å². The third-order valence-corrected chi connectivity index (χ3v) is 4.85. The largest absolute Gasteiger partial charge is 0.481 e. The number of ether oxygens (including phenoxy) is 1. The van der Waals surface area contributed by atoms with E-state index in [1.54, 1.807) is 6.92 Å². The topological polar surface area (TPSA) is 75.6 Å². The number of carboxylic acid groups (broad SMARTS) is 1. The fraction of sp³-hybridized carbons (Fsp3) is 0.867. The predicted molar refractivity (Wildman–Crippen MR) is 74.3 cm³/mol. The van der Waals surface area contributed by atoms with Crippen LogP contribution in [0.1, 0.15) is 52.4 Å². The zero-order valence-corrected chi connectivity index (χ0v) is 12.4. The first-order chi connectivity index (χ1) is 9.45. The summed E-state index contributed by atoms with van der Waals surface area (Å²) in [6, 6.07) is -0.227. The molecule has 20 heavy (non-hydrogen) atoms. The molecule has 2 atom stereocenters. The van der Waals surface area contributed by atoms with Crippen molar-refractivity contribution < 1.29 is 19.4 Å². The molecule has 0 saturated heterocycles. The van der Waals surface area contributed by atoms with Gasteiger partial charge in [-0.25, -0.2) is 0 Å². The zero-order chi connectivity index (χ0) is 14.8. The number of hydrogen-bond acceptors (Lipinski definition) is 3. The van der Waals surface area contributed by atoms with E-state index in [2.05, 4.69) is 5.32 Å². The predicted octanol–water partition coefficient (Wildman–Crippen LogP) is 1.95. The van der Waals surface area contributed by atoms with Crippen LogP contribution in [-0.2, 0) is 14.3 Å². The lowest BCUT2D eigenvalue weighted by atomic mass is 9.79. The molecule has 2 aliphatic rings. The SMILES string of the molecule is CCOC1CC(CC(=O)NC2CCCC2(C)C(=O)O)C1. The molecule has 0 aliphatic heterocycles. The summed E-state index contributed by atoms with van der Waals surface area (Å²) in [5.74, 6) is -0.422. The maximum atomic E-state index is 12.0. The number of carbonyl (C=O) groups excluding carboxylic acids is 1. The van der Waals surface area contributed by atoms with Crippen molar-refractivity contribution in [1.82, 2.24) is 5.32 Å². The second-order valence-corrected chi connectivity index (χ2v) is 6.35. The summed E-state index contributed by atoms with van der Waals surface area (Å²) < 4.78 is 5.48. The first-order valence-corrected chi connectivity index (χ1v) is 7.60. The van der Waals surface area contributed by atoms with Gasteiger partial charge in [0.1, 0.15) is 0 Å². The molecule has 2 saturated carbocycles. The number of carboxylic acids is 1. The van der Waals surface area contributed by atoms with E-state index in [-0.39, 0.29) is 11.9 Å². The summed E-state index contributed by atoms with van der Waals surface area (Å²) in [6.45, 7) is 4.44. The van der Waals surface area contributed by atoms with E-state index in [4.69, 9.17) is 4.74 Å². The monoisotopic (exact) mass is 283 g/mol. The molecule has 114 valence electrons. The Kier molecular flexibility index (Phi) is 4.68. The quantitative estimate of drug-likeness (QED) is 0.781. The van der Waals surface area contributed by atoms with Crippen LogP contribution in [-0.4, -0.2) is 35.7 Å². The van der Waals surface area contributed by atoms with Crippen molar-refractivity contribution >= 4 is 11.9 Å². The van der Waals surface area contributed by atoms with Gasteiger partial charge in [0.25, 0.3) is 0 Å². The minimum absolute atomic E-state index is 0.00989. The molecule has 2 N–H and O–H groups in total. The van der Waals surface area contributed by atoms with Crippen molar-refractivity contribution in [2.45, 2.75) is 64.5 Å². The Bertz CT molecular complexity index is 378. The molecule has 5 heteroatoms. The first-order valence-electron chi connectivity index (χ1n) is 7.60. The van der Waals surface area contributed by atoms with E-state index >= 15 is 0 Å². The van der Waals surface area contributed by atoms with Gasteiger partial charge in [0, 0.05) is 19.1 Å². The smallest absolute Gasteiger partial charge is 0.311 e. The Morgan fingerprint density at radius 1 is 1.40 bits per heavy atom. The molecule has 5 nitrogen and oxygen atoms in total. The third kappa shape index (κ3) is 3.14. The number of amides is 1. The van der Waals surface area contributed by atoms with Gasteiger partial charge in [-0.05, 0) is 45.4 Å². The van der Waals surface area contributed by atoms with Gasteiger partial charge in [-0.3, -0.25) is 9.59 Å². The Balaban J connectivity index is 1.76. The van der Waals surface area contributed by atoms with Crippen molar-refractivity contribution in [3.05, 3.63) is 0 Å². The molecule has 1 amide bonds. The standard InChI is InChI=1S/C15H25NO4/c1-3-20-11-7-10(8-11)9-13(17)16-12-5-4-6-15(12,2)14(18)19/h10-12H,3-9H2,1-2H3,(H,16,17)(H,18,19). The summed E-state index contributed by atoms with van der Waals surface area (Å²) >= 11 is 0. The van der Waals surface area contributed by atoms with Gasteiger partial charge < -0.3 is 15.2 Å². The summed E-state index contributed by atoms with van der Waals surface area (Å²) in [4.78, 5) is 23.4. The molecule has 0 aromatic rings. The van der Waals surface area contributed by atoms with E-state index in [1.807, 2.05) is 6.92 Å². The van der Waals surface area contributed by atoms with Gasteiger partial charge >= 0.3 is 5.97 Å². The molecule has 0 aromatic carbocycles. The second kappa shape index (κ2) is 6.12. The first kappa shape index (κ1) is 15.3. The van der Waals surface area contributed by atoms with E-state index in [1.165, 1.54) is 0 Å². The van der Waals surface area contributed by atoms with E-state index in [0.717, 1.165) is 32.3 Å². The molecule has 0 bridgehead atoms. The maximum Gasteiger partial charge on any atom is 0.311 e. The lowest BCUT2D eigenvalue weighted by molar-refractivity contribution is -0.149. The minimum atomic E-state index is -0.805. The van der Waals surface area contributed by atoms with Crippen molar-refractivity contribution in [3.63, 3.8) is 0 Å². The minimum Gasteiger partial charge on any atom is -0.481 e. The number of hydrogen-bond donors (Lipinski definition) is 2. The van der Waals surface area contributed by atoms with Gasteiger partial charge in [0.05, 0.1) is 11.5 Å². The molecular formula is C15H25NO4. The second-order valence-electron chi connectivity index (χ2n) is 6.35. The fourth-order valence-electron chi connectivity index (χ4n) is 3.38. The average molecular weight is 283 g/mol. The van der Waals surface area contributed by atoms with Crippen molar-refractivity contribution in [3.8, 4) is 0 Å². The highest BCUT2D eigenvalue weighted by Crippen LogP contribution is 2.38. The Morgan fingerprint density at radius 2 is 2.10 bits per heavy atom. The molecule has 0 radical (unpaired) electrons. The molecule has 2 rings (SSSR count). The van der Waals surface area contributed by atoms with Crippen LogP contribution < -0.4 is 5.32 Å². The molecular weight excluding hydrogens is 258 g/mol. The molecule has 2 fully saturated rings. The van der Waals surface area contributed by atoms with Gasteiger partial charge in [-0.1, -0.05) is 6.42 Å². The highest BCUT2D eigenvalue weighted by Gasteiger charge is 2.46. The van der Waals surface area contributed by atoms with Crippen LogP contribution in [0, 0.1) is 11.3 Å². The summed E-state index contributed by atoms with van der Waals surface area (Å²) in [5, 5.41) is 12.3. The van der Waals surface area contributed by atoms with Crippen LogP contribution in [0.3, 0.4) is 0 Å². The molecule has 2 unspecified atom stereocenters. The Hall–Kier alpha value is -1.10. The van der Waals surface area contributed by atoms with Gasteiger partial charge in [0.2, 0.25) is 5.91 Å². The number of aliphatic carboxylic acids is 1. The summed E-state index contributed by atoms with van der Waals surface area (Å²) in [5.41, 5.74) is -0.802. The van der Waals surface area contributed by atoms with E-state index < -0.39 is 11.4 Å². The van der Waals surface area contributed by atoms with Gasteiger partial charge in [-0.15, -0.1) is 0 Å². The highest BCUT2D eigenvalue weighted by molar-refractivity contribution is 5.80. The summed E-state index contributed by atoms with van der Waals surface area (Å²) in [6.07, 6.45) is 4.97. The zero-order valence-electron chi connectivity index (χ0n) is 12.4. The normalized spacial score (nSPS) is 36.4. The van der Waals surface area contributed by atoms with Crippen molar-refractivity contribution in [2.75, 3.05) is 6.61 Å². The lowest BCUT2D eigenvalue weighted by Gasteiger charge is -2.35. The maximum absolute atomic E-state index is 12.0. The number of carbonyl (C=O) groups is 2. The van der Waals surface area contributed by atoms with Gasteiger partial charge in [0.15, 0.2) is 0 Å². The van der Waals surface area contributed by atoms with Crippen LogP contribution in [0.15, 0.2) is 0 Å². The van der Waals surface area contributed by atoms with Crippen molar-refractivity contribution in [2.24, 2.45) is 11.3 Å². The average Bonchev–Trinajstić information content (AvgIpc) is 2.70. The molecule has 0 spiro atoms. The van der Waals surface area contributed by atoms with Crippen LogP contribution in [0.5, 0.6) is 0 Å². The Morgan fingerprint density at radius 3 is 2.70 bits per heavy atom. The van der Waals surface area contributed by atoms with E-state index in [9.17, 15) is 14.7 Å². The molecule has 2 aliphatic carbocycles. The van der Waals surface area contributed by atoms with E-state index in [0.29, 0.717) is 24.9 Å². The number of nitrogens with one attached hydrogen (secondary N) is 1. The van der Waals surface area contributed by atoms with Crippen LogP contribution in [0.25, 0.3) is 0 Å². The number of rotatable bonds is 6. The third-order valence-electron chi connectivity index (χ3n) is 4.85. The molecule has 0 heterocycles. The van der Waals surface area contributed by atoms with Crippen molar-refractivity contribution in [1.29, 1.82) is 0 Å². The molecule has 0 aromatic heterocycles.